The van der Waals surface area contributed by atoms with E-state index >= 15 is 0 Å². The molecule has 2 unspecified atom stereocenters. The van der Waals surface area contributed by atoms with Gasteiger partial charge in [-0.25, -0.2) is 0 Å². The molecule has 0 radical (unpaired) electrons. The highest BCUT2D eigenvalue weighted by Gasteiger charge is 2.32. The minimum Gasteiger partial charge on any atom is -0.340 e. The van der Waals surface area contributed by atoms with Crippen LogP contribution in [-0.2, 0) is 4.79 Å². The number of alkyl halides is 3. The Kier molecular flexibility index (Phi) is 5.92. The van der Waals surface area contributed by atoms with E-state index in [9.17, 15) is 18.0 Å². The molecule has 2 atom stereocenters. The van der Waals surface area contributed by atoms with Gasteiger partial charge in [0.05, 0.1) is 11.8 Å². The van der Waals surface area contributed by atoms with Gasteiger partial charge in [-0.05, 0) is 12.8 Å². The van der Waals surface area contributed by atoms with Crippen LogP contribution in [0.2, 0.25) is 0 Å². The van der Waals surface area contributed by atoms with E-state index in [0.717, 1.165) is 23.7 Å². The summed E-state index contributed by atoms with van der Waals surface area (Å²) in [6.07, 6.45) is -2.72. The summed E-state index contributed by atoms with van der Waals surface area (Å²) in [6, 6.07) is -0.240. The van der Waals surface area contributed by atoms with Crippen LogP contribution in [0.15, 0.2) is 0 Å². The van der Waals surface area contributed by atoms with Crippen LogP contribution in [0.3, 0.4) is 0 Å². The van der Waals surface area contributed by atoms with Gasteiger partial charge in [0.2, 0.25) is 5.91 Å². The predicted molar refractivity (Wildman–Crippen MR) is 77.2 cm³/mol. The predicted octanol–water partition coefficient (Wildman–Crippen LogP) is 1.98. The third-order valence-electron chi connectivity index (χ3n) is 3.42. The molecule has 0 spiro atoms. The number of rotatable bonds is 3. The summed E-state index contributed by atoms with van der Waals surface area (Å²) in [5.41, 5.74) is 0. The summed E-state index contributed by atoms with van der Waals surface area (Å²) in [5, 5.41) is 2.50. The van der Waals surface area contributed by atoms with Crippen LogP contribution in [0.5, 0.6) is 0 Å². The molecule has 0 saturated carbocycles. The summed E-state index contributed by atoms with van der Waals surface area (Å²) in [4.78, 5) is 14.1. The van der Waals surface area contributed by atoms with Crippen molar-refractivity contribution >= 4 is 29.4 Å². The lowest BCUT2D eigenvalue weighted by Crippen LogP contribution is -2.52. The molecule has 0 aromatic heterocycles. The first-order valence-electron chi connectivity index (χ1n) is 6.74. The number of amides is 1. The maximum absolute atomic E-state index is 12.3. The Morgan fingerprint density at radius 1 is 1.35 bits per heavy atom. The average Bonchev–Trinajstić information content (AvgIpc) is 2.45. The van der Waals surface area contributed by atoms with E-state index in [1.54, 1.807) is 28.4 Å². The summed E-state index contributed by atoms with van der Waals surface area (Å²) in [5.74, 6) is 2.97. The number of carbonyl (C=O) groups excluding carboxylic acids is 1. The lowest BCUT2D eigenvalue weighted by molar-refractivity contribution is -0.133. The van der Waals surface area contributed by atoms with Crippen molar-refractivity contribution in [1.82, 2.24) is 10.2 Å². The summed E-state index contributed by atoms with van der Waals surface area (Å²) < 4.78 is 36.6. The number of thioether (sulfide) groups is 2. The summed E-state index contributed by atoms with van der Waals surface area (Å²) in [6.45, 7) is 0.0924. The van der Waals surface area contributed by atoms with Crippen LogP contribution in [0, 0.1) is 0 Å². The smallest absolute Gasteiger partial charge is 0.340 e. The first-order chi connectivity index (χ1) is 9.46. The first kappa shape index (κ1) is 16.3. The van der Waals surface area contributed by atoms with Crippen molar-refractivity contribution < 1.29 is 18.0 Å². The van der Waals surface area contributed by atoms with E-state index in [1.165, 1.54) is 0 Å². The van der Waals surface area contributed by atoms with Crippen molar-refractivity contribution in [2.45, 2.75) is 30.3 Å². The molecule has 8 heteroatoms. The lowest BCUT2D eigenvalue weighted by Gasteiger charge is -2.36. The van der Waals surface area contributed by atoms with Gasteiger partial charge in [0.15, 0.2) is 0 Å². The Hall–Kier alpha value is -0.0800. The molecular weight excluding hydrogens is 309 g/mol. The monoisotopic (exact) mass is 328 g/mol. The van der Waals surface area contributed by atoms with Crippen molar-refractivity contribution in [3.63, 3.8) is 0 Å². The fraction of sp³-hybridized carbons (Fsp3) is 0.917. The van der Waals surface area contributed by atoms with Crippen LogP contribution in [-0.4, -0.2) is 65.2 Å². The lowest BCUT2D eigenvalue weighted by atomic mass is 10.1. The number of nitrogens with zero attached hydrogens (tertiary/aromatic N) is 1. The minimum atomic E-state index is -4.19. The molecule has 2 rings (SSSR count). The van der Waals surface area contributed by atoms with Crippen LogP contribution in [0.1, 0.15) is 12.8 Å². The van der Waals surface area contributed by atoms with Crippen LogP contribution in [0.4, 0.5) is 13.2 Å². The van der Waals surface area contributed by atoms with Gasteiger partial charge in [-0.3, -0.25) is 4.79 Å². The Morgan fingerprint density at radius 3 is 2.80 bits per heavy atom. The van der Waals surface area contributed by atoms with Crippen molar-refractivity contribution in [1.29, 1.82) is 0 Å². The molecule has 1 N–H and O–H groups in total. The number of carbonyl (C=O) groups is 1. The van der Waals surface area contributed by atoms with Gasteiger partial charge < -0.3 is 10.2 Å². The van der Waals surface area contributed by atoms with Crippen molar-refractivity contribution in [3.05, 3.63) is 0 Å². The summed E-state index contributed by atoms with van der Waals surface area (Å²) in [7, 11) is 0. The zero-order valence-corrected chi connectivity index (χ0v) is 12.8. The molecular formula is C12H19F3N2OS2. The highest BCUT2D eigenvalue weighted by atomic mass is 32.2. The highest BCUT2D eigenvalue weighted by molar-refractivity contribution is 8.07. The highest BCUT2D eigenvalue weighted by Crippen LogP contribution is 2.26. The molecule has 0 aliphatic carbocycles. The maximum Gasteiger partial charge on any atom is 0.401 e. The van der Waals surface area contributed by atoms with E-state index < -0.39 is 12.7 Å². The van der Waals surface area contributed by atoms with E-state index in [0.29, 0.717) is 19.5 Å². The number of nitrogens with one attached hydrogen (secondary N) is 1. The molecule has 2 aliphatic heterocycles. The number of hydrogen-bond donors (Lipinski definition) is 1. The third-order valence-corrected chi connectivity index (χ3v) is 6.16. The number of hydrogen-bond acceptors (Lipinski definition) is 4. The number of likely N-dealkylation sites (tertiary alicyclic amines) is 1. The molecule has 0 aromatic rings. The first-order valence-corrected chi connectivity index (χ1v) is 8.94. The van der Waals surface area contributed by atoms with Gasteiger partial charge in [-0.2, -0.15) is 24.9 Å². The van der Waals surface area contributed by atoms with Gasteiger partial charge in [0.25, 0.3) is 0 Å². The standard InChI is InChI=1S/C12H19F3N2OS2/c13-12(14,15)8-16-9-2-1-3-17(6-9)11(18)10-7-19-4-5-20-10/h9-10,16H,1-8H2. The van der Waals surface area contributed by atoms with Crippen molar-refractivity contribution in [2.24, 2.45) is 0 Å². The van der Waals surface area contributed by atoms with E-state index in [-0.39, 0.29) is 17.2 Å². The second kappa shape index (κ2) is 7.26. The zero-order chi connectivity index (χ0) is 14.6. The van der Waals surface area contributed by atoms with Gasteiger partial charge in [-0.1, -0.05) is 0 Å². The SMILES string of the molecule is O=C(C1CSCCS1)N1CCCC(NCC(F)(F)F)C1. The third kappa shape index (κ3) is 5.04. The van der Waals surface area contributed by atoms with Crippen molar-refractivity contribution in [3.8, 4) is 0 Å². The van der Waals surface area contributed by atoms with Gasteiger partial charge in [-0.15, -0.1) is 11.8 Å². The Morgan fingerprint density at radius 2 is 2.15 bits per heavy atom. The number of piperidine rings is 1. The second-order valence-electron chi connectivity index (χ2n) is 5.05. The molecule has 116 valence electrons. The van der Waals surface area contributed by atoms with Gasteiger partial charge in [0, 0.05) is 36.4 Å². The fourth-order valence-corrected chi connectivity index (χ4v) is 5.07. The Balaban J connectivity index is 1.81. The zero-order valence-electron chi connectivity index (χ0n) is 11.1. The van der Waals surface area contributed by atoms with Gasteiger partial charge in [0.1, 0.15) is 0 Å². The molecule has 0 aromatic carbocycles. The molecule has 0 bridgehead atoms. The molecule has 3 nitrogen and oxygen atoms in total. The van der Waals surface area contributed by atoms with E-state index in [4.69, 9.17) is 0 Å². The van der Waals surface area contributed by atoms with Gasteiger partial charge >= 0.3 is 6.18 Å². The molecule has 1 amide bonds. The van der Waals surface area contributed by atoms with Crippen LogP contribution in [0.25, 0.3) is 0 Å². The van der Waals surface area contributed by atoms with Crippen LogP contribution >= 0.6 is 23.5 Å². The summed E-state index contributed by atoms with van der Waals surface area (Å²) >= 11 is 3.45. The molecule has 2 heterocycles. The molecule has 2 aliphatic rings. The normalized spacial score (nSPS) is 28.4. The molecule has 2 saturated heterocycles. The molecule has 2 fully saturated rings. The quantitative estimate of drug-likeness (QED) is 0.859. The fourth-order valence-electron chi connectivity index (χ4n) is 2.44. The Bertz CT molecular complexity index is 335. The minimum absolute atomic E-state index is 0.0184. The maximum atomic E-state index is 12.3. The largest absolute Gasteiger partial charge is 0.401 e. The molecule has 20 heavy (non-hydrogen) atoms. The van der Waals surface area contributed by atoms with E-state index in [1.807, 2.05) is 0 Å². The number of halogens is 3. The second-order valence-corrected chi connectivity index (χ2v) is 7.51. The Labute approximate surface area is 125 Å². The van der Waals surface area contributed by atoms with E-state index in [2.05, 4.69) is 5.32 Å². The average molecular weight is 328 g/mol. The van der Waals surface area contributed by atoms with Crippen molar-refractivity contribution in [2.75, 3.05) is 36.9 Å². The topological polar surface area (TPSA) is 32.3 Å². The van der Waals surface area contributed by atoms with Crippen LogP contribution < -0.4 is 5.32 Å².